The van der Waals surface area contributed by atoms with E-state index in [4.69, 9.17) is 0 Å². The van der Waals surface area contributed by atoms with Crippen molar-refractivity contribution in [3.05, 3.63) is 36.0 Å². The normalized spacial score (nSPS) is 9.83. The fraction of sp³-hybridized carbons (Fsp3) is 0.200. The number of aryl methyl sites for hydroxylation is 2. The molecular formula is C10H10KN. The number of aromatic nitrogens is 1. The molecule has 1 nitrogen and oxygen atoms in total. The molecule has 2 rings (SSSR count). The van der Waals surface area contributed by atoms with Gasteiger partial charge < -0.3 is 4.57 Å². The van der Waals surface area contributed by atoms with Crippen LogP contribution in [-0.2, 0) is 7.05 Å². The van der Waals surface area contributed by atoms with Crippen molar-refractivity contribution in [3.63, 3.8) is 0 Å². The maximum atomic E-state index is 3.29. The number of para-hydroxylation sites is 1. The van der Waals surface area contributed by atoms with Gasteiger partial charge in [0.25, 0.3) is 0 Å². The quantitative estimate of drug-likeness (QED) is 0.376. The zero-order valence-corrected chi connectivity index (χ0v) is 10.9. The Balaban J connectivity index is 0.000000720. The molecule has 0 bridgehead atoms. The molecule has 1 aromatic carbocycles. The predicted molar refractivity (Wildman–Crippen MR) is 46.5 cm³/mol. The van der Waals surface area contributed by atoms with Gasteiger partial charge in [0.2, 0.25) is 0 Å². The Morgan fingerprint density at radius 1 is 1.25 bits per heavy atom. The van der Waals surface area contributed by atoms with E-state index in [0.717, 1.165) is 0 Å². The number of nitrogens with zero attached hydrogens (tertiary/aromatic N) is 1. The van der Waals surface area contributed by atoms with Crippen molar-refractivity contribution in [3.8, 4) is 0 Å². The minimum atomic E-state index is 0. The molecule has 0 N–H and O–H groups in total. The molecule has 0 saturated carbocycles. The molecule has 12 heavy (non-hydrogen) atoms. The molecule has 0 spiro atoms. The molecule has 0 aliphatic heterocycles. The van der Waals surface area contributed by atoms with E-state index in [2.05, 4.69) is 42.8 Å². The van der Waals surface area contributed by atoms with E-state index in [1.165, 1.54) is 16.6 Å². The van der Waals surface area contributed by atoms with Crippen molar-refractivity contribution in [2.24, 2.45) is 7.05 Å². The first kappa shape index (κ1) is 10.5. The van der Waals surface area contributed by atoms with Crippen molar-refractivity contribution in [1.82, 2.24) is 4.57 Å². The summed E-state index contributed by atoms with van der Waals surface area (Å²) in [7, 11) is 2.06. The fourth-order valence-electron chi connectivity index (χ4n) is 1.33. The van der Waals surface area contributed by atoms with Gasteiger partial charge in [0.15, 0.2) is 0 Å². The SMILES string of the molecule is Cc1[c-]c2ccccc2n1C.[K+]. The molecule has 0 saturated heterocycles. The van der Waals surface area contributed by atoms with E-state index in [-0.39, 0.29) is 51.4 Å². The maximum Gasteiger partial charge on any atom is 1.00 e. The van der Waals surface area contributed by atoms with Gasteiger partial charge in [-0.25, -0.2) is 0 Å². The van der Waals surface area contributed by atoms with E-state index >= 15 is 0 Å². The molecule has 2 aromatic rings. The summed E-state index contributed by atoms with van der Waals surface area (Å²) >= 11 is 0. The van der Waals surface area contributed by atoms with Crippen molar-refractivity contribution in [1.29, 1.82) is 0 Å². The van der Waals surface area contributed by atoms with Crippen molar-refractivity contribution < 1.29 is 51.4 Å². The van der Waals surface area contributed by atoms with Crippen molar-refractivity contribution in [2.45, 2.75) is 6.92 Å². The Kier molecular flexibility index (Phi) is 3.55. The molecular weight excluding hydrogens is 173 g/mol. The van der Waals surface area contributed by atoms with Crippen LogP contribution < -0.4 is 51.4 Å². The van der Waals surface area contributed by atoms with Crippen LogP contribution in [-0.4, -0.2) is 4.57 Å². The standard InChI is InChI=1S/C10H10N.K/c1-8-7-9-5-3-4-6-10(9)11(8)2;/h3-6H,1-2H3;/q-1;+1. The first-order chi connectivity index (χ1) is 5.29. The third kappa shape index (κ3) is 1.68. The van der Waals surface area contributed by atoms with Gasteiger partial charge >= 0.3 is 51.4 Å². The van der Waals surface area contributed by atoms with E-state index in [1.54, 1.807) is 0 Å². The minimum absolute atomic E-state index is 0. The number of rotatable bonds is 0. The summed E-state index contributed by atoms with van der Waals surface area (Å²) in [5.41, 5.74) is 2.44. The Hall–Kier alpha value is 0.396. The second kappa shape index (κ2) is 4.07. The molecule has 0 fully saturated rings. The average Bonchev–Trinajstić information content (AvgIpc) is 2.30. The summed E-state index contributed by atoms with van der Waals surface area (Å²) in [5, 5.41) is 1.20. The molecule has 0 amide bonds. The van der Waals surface area contributed by atoms with Gasteiger partial charge in [-0.1, -0.05) is 23.3 Å². The first-order valence-corrected chi connectivity index (χ1v) is 3.72. The molecule has 1 heterocycles. The van der Waals surface area contributed by atoms with Gasteiger partial charge in [0, 0.05) is 0 Å². The molecule has 0 radical (unpaired) electrons. The summed E-state index contributed by atoms with van der Waals surface area (Å²) in [6, 6.07) is 11.6. The van der Waals surface area contributed by atoms with Gasteiger partial charge in [-0.3, -0.25) is 0 Å². The third-order valence-corrected chi connectivity index (χ3v) is 2.08. The van der Waals surface area contributed by atoms with Gasteiger partial charge in [-0.15, -0.1) is 6.07 Å². The first-order valence-electron chi connectivity index (χ1n) is 3.72. The zero-order chi connectivity index (χ0) is 7.84. The van der Waals surface area contributed by atoms with Crippen LogP contribution in [0.1, 0.15) is 5.69 Å². The Bertz CT molecular complexity index is 390. The molecule has 56 valence electrons. The molecule has 0 unspecified atom stereocenters. The number of hydrogen-bond donors (Lipinski definition) is 0. The van der Waals surface area contributed by atoms with Crippen LogP contribution in [0.25, 0.3) is 10.9 Å². The van der Waals surface area contributed by atoms with Gasteiger partial charge in [0.1, 0.15) is 0 Å². The van der Waals surface area contributed by atoms with Crippen LogP contribution in [0, 0.1) is 13.0 Å². The smallest absolute Gasteiger partial charge is 0.411 e. The average molecular weight is 183 g/mol. The van der Waals surface area contributed by atoms with Gasteiger partial charge in [-0.2, -0.15) is 17.5 Å². The summed E-state index contributed by atoms with van der Waals surface area (Å²) in [6.07, 6.45) is 0. The molecule has 2 heteroatoms. The second-order valence-corrected chi connectivity index (χ2v) is 2.79. The molecule has 0 atom stereocenters. The van der Waals surface area contributed by atoms with E-state index in [0.29, 0.717) is 0 Å². The predicted octanol–water partition coefficient (Wildman–Crippen LogP) is -0.709. The Labute approximate surface area is 115 Å². The minimum Gasteiger partial charge on any atom is -0.411 e. The monoisotopic (exact) mass is 183 g/mol. The van der Waals surface area contributed by atoms with Crippen molar-refractivity contribution >= 4 is 10.9 Å². The maximum absolute atomic E-state index is 3.29. The summed E-state index contributed by atoms with van der Waals surface area (Å²) in [6.45, 7) is 2.07. The summed E-state index contributed by atoms with van der Waals surface area (Å²) in [5.74, 6) is 0. The summed E-state index contributed by atoms with van der Waals surface area (Å²) < 4.78 is 2.15. The zero-order valence-electron chi connectivity index (χ0n) is 7.76. The Morgan fingerprint density at radius 3 is 2.58 bits per heavy atom. The van der Waals surface area contributed by atoms with Gasteiger partial charge in [0.05, 0.1) is 0 Å². The van der Waals surface area contributed by atoms with Crippen LogP contribution in [0.3, 0.4) is 0 Å². The van der Waals surface area contributed by atoms with Crippen molar-refractivity contribution in [2.75, 3.05) is 0 Å². The Morgan fingerprint density at radius 2 is 1.92 bits per heavy atom. The largest absolute Gasteiger partial charge is 1.00 e. The second-order valence-electron chi connectivity index (χ2n) is 2.79. The van der Waals surface area contributed by atoms with Crippen LogP contribution >= 0.6 is 0 Å². The molecule has 0 aliphatic rings. The number of fused-ring (bicyclic) bond motifs is 1. The van der Waals surface area contributed by atoms with Crippen LogP contribution in [0.2, 0.25) is 0 Å². The third-order valence-electron chi connectivity index (χ3n) is 2.08. The van der Waals surface area contributed by atoms with E-state index in [1.807, 2.05) is 6.07 Å². The van der Waals surface area contributed by atoms with Gasteiger partial charge in [-0.05, 0) is 14.0 Å². The number of benzene rings is 1. The van der Waals surface area contributed by atoms with Crippen LogP contribution in [0.15, 0.2) is 24.3 Å². The number of hydrogen-bond acceptors (Lipinski definition) is 0. The summed E-state index contributed by atoms with van der Waals surface area (Å²) in [4.78, 5) is 0. The topological polar surface area (TPSA) is 4.93 Å². The van der Waals surface area contributed by atoms with E-state index < -0.39 is 0 Å². The van der Waals surface area contributed by atoms with E-state index in [9.17, 15) is 0 Å². The van der Waals surface area contributed by atoms with Crippen LogP contribution in [0.4, 0.5) is 0 Å². The molecule has 0 aliphatic carbocycles. The fourth-order valence-corrected chi connectivity index (χ4v) is 1.33. The van der Waals surface area contributed by atoms with Crippen LogP contribution in [0.5, 0.6) is 0 Å². The molecule has 1 aromatic heterocycles.